The zero-order valence-corrected chi connectivity index (χ0v) is 12.2. The van der Waals surface area contributed by atoms with Gasteiger partial charge in [-0.05, 0) is 12.1 Å². The zero-order chi connectivity index (χ0) is 15.1. The Labute approximate surface area is 128 Å². The van der Waals surface area contributed by atoms with Gasteiger partial charge in [0.15, 0.2) is 11.5 Å². The lowest BCUT2D eigenvalue weighted by molar-refractivity contribution is 0.0723. The van der Waals surface area contributed by atoms with E-state index in [0.717, 1.165) is 25.3 Å². The second kappa shape index (κ2) is 5.33. The van der Waals surface area contributed by atoms with Gasteiger partial charge < -0.3 is 19.9 Å². The highest BCUT2D eigenvalue weighted by Gasteiger charge is 2.36. The van der Waals surface area contributed by atoms with E-state index in [0.29, 0.717) is 31.3 Å². The van der Waals surface area contributed by atoms with Gasteiger partial charge in [0.1, 0.15) is 19.3 Å². The number of fused-ring (bicyclic) bond motifs is 1. The Morgan fingerprint density at radius 2 is 1.91 bits per heavy atom. The Balaban J connectivity index is 1.45. The molecule has 4 rings (SSSR count). The van der Waals surface area contributed by atoms with Gasteiger partial charge in [-0.25, -0.2) is 4.79 Å². The van der Waals surface area contributed by atoms with Gasteiger partial charge >= 0.3 is 6.09 Å². The predicted molar refractivity (Wildman–Crippen MR) is 79.5 cm³/mol. The molecule has 0 radical (unpaired) electrons. The summed E-state index contributed by atoms with van der Waals surface area (Å²) in [4.78, 5) is 15.9. The van der Waals surface area contributed by atoms with Crippen LogP contribution in [0.4, 0.5) is 10.5 Å². The minimum Gasteiger partial charge on any atom is -0.486 e. The van der Waals surface area contributed by atoms with Crippen LogP contribution in [-0.4, -0.2) is 62.5 Å². The molecule has 3 heterocycles. The molecule has 2 N–H and O–H groups in total. The minimum absolute atomic E-state index is 0.117. The second-order valence-corrected chi connectivity index (χ2v) is 5.92. The molecule has 3 aliphatic heterocycles. The molecular formula is C15H19N3O4. The number of nitrogens with two attached hydrogens (primary N) is 1. The molecule has 118 valence electrons. The number of benzene rings is 1. The number of rotatable bonds is 3. The van der Waals surface area contributed by atoms with E-state index in [4.69, 9.17) is 19.9 Å². The molecule has 1 amide bonds. The summed E-state index contributed by atoms with van der Waals surface area (Å²) in [6.45, 7) is 4.11. The number of cyclic esters (lactones) is 1. The fourth-order valence-corrected chi connectivity index (χ4v) is 3.07. The maximum Gasteiger partial charge on any atom is 0.414 e. The van der Waals surface area contributed by atoms with Gasteiger partial charge in [0, 0.05) is 31.7 Å². The van der Waals surface area contributed by atoms with E-state index in [9.17, 15) is 4.79 Å². The summed E-state index contributed by atoms with van der Waals surface area (Å²) < 4.78 is 16.5. The number of hydrogen-bond acceptors (Lipinski definition) is 6. The summed E-state index contributed by atoms with van der Waals surface area (Å²) >= 11 is 0. The SMILES string of the molecule is NC1CN(C[C@@H]2CN(c3ccc4c(c3)OCCO4)C(=O)O2)C1. The normalized spacial score (nSPS) is 25.0. The van der Waals surface area contributed by atoms with E-state index in [1.807, 2.05) is 18.2 Å². The van der Waals surface area contributed by atoms with Gasteiger partial charge in [-0.2, -0.15) is 0 Å². The lowest BCUT2D eigenvalue weighted by Gasteiger charge is -2.37. The van der Waals surface area contributed by atoms with E-state index in [1.54, 1.807) is 4.90 Å². The lowest BCUT2D eigenvalue weighted by atomic mass is 10.1. The number of carbonyl (C=O) groups excluding carboxylic acids is 1. The molecule has 1 atom stereocenters. The van der Waals surface area contributed by atoms with E-state index < -0.39 is 0 Å². The van der Waals surface area contributed by atoms with Crippen molar-refractivity contribution in [1.82, 2.24) is 4.90 Å². The molecule has 0 aliphatic carbocycles. The standard InChI is InChI=1S/C15H19N3O4/c16-10-6-17(7-10)8-12-9-18(15(19)22-12)11-1-2-13-14(5-11)21-4-3-20-13/h1-2,5,10,12H,3-4,6-9,16H2/t12-/m1/s1. The Hall–Kier alpha value is -1.99. The molecule has 2 fully saturated rings. The number of carbonyl (C=O) groups is 1. The molecule has 2 saturated heterocycles. The van der Waals surface area contributed by atoms with Crippen LogP contribution in [0.1, 0.15) is 0 Å². The van der Waals surface area contributed by atoms with Crippen molar-refractivity contribution in [3.8, 4) is 11.5 Å². The number of anilines is 1. The second-order valence-electron chi connectivity index (χ2n) is 5.92. The Bertz CT molecular complexity index is 588. The molecule has 0 unspecified atom stereocenters. The third-order valence-corrected chi connectivity index (χ3v) is 4.16. The van der Waals surface area contributed by atoms with Crippen LogP contribution in [0.3, 0.4) is 0 Å². The predicted octanol–water partition coefficient (Wildman–Crippen LogP) is 0.426. The van der Waals surface area contributed by atoms with Crippen LogP contribution in [0.15, 0.2) is 18.2 Å². The minimum atomic E-state index is -0.313. The Kier molecular flexibility index (Phi) is 3.31. The summed E-state index contributed by atoms with van der Waals surface area (Å²) in [7, 11) is 0. The van der Waals surface area contributed by atoms with Gasteiger partial charge in [0.05, 0.1) is 12.2 Å². The van der Waals surface area contributed by atoms with Gasteiger partial charge in [-0.15, -0.1) is 0 Å². The van der Waals surface area contributed by atoms with Crippen LogP contribution in [0.25, 0.3) is 0 Å². The number of likely N-dealkylation sites (tertiary alicyclic amines) is 1. The van der Waals surface area contributed by atoms with Crippen molar-refractivity contribution in [2.24, 2.45) is 5.73 Å². The summed E-state index contributed by atoms with van der Waals surface area (Å²) in [6, 6.07) is 5.78. The highest BCUT2D eigenvalue weighted by atomic mass is 16.6. The van der Waals surface area contributed by atoms with Crippen molar-refractivity contribution in [3.05, 3.63) is 18.2 Å². The summed E-state index contributed by atoms with van der Waals surface area (Å²) in [6.07, 6.45) is -0.431. The highest BCUT2D eigenvalue weighted by molar-refractivity contribution is 5.90. The maximum absolute atomic E-state index is 12.1. The molecule has 0 spiro atoms. The molecule has 3 aliphatic rings. The fourth-order valence-electron chi connectivity index (χ4n) is 3.07. The fraction of sp³-hybridized carbons (Fsp3) is 0.533. The molecule has 7 heteroatoms. The summed E-state index contributed by atoms with van der Waals surface area (Å²) in [5.74, 6) is 1.39. The number of ether oxygens (including phenoxy) is 3. The van der Waals surface area contributed by atoms with Gasteiger partial charge in [0.2, 0.25) is 0 Å². The van der Waals surface area contributed by atoms with Crippen molar-refractivity contribution < 1.29 is 19.0 Å². The molecule has 1 aromatic carbocycles. The van der Waals surface area contributed by atoms with E-state index in [2.05, 4.69) is 4.90 Å². The topological polar surface area (TPSA) is 77.3 Å². The van der Waals surface area contributed by atoms with E-state index in [-0.39, 0.29) is 18.2 Å². The Morgan fingerprint density at radius 1 is 1.14 bits per heavy atom. The summed E-state index contributed by atoms with van der Waals surface area (Å²) in [5, 5.41) is 0. The highest BCUT2D eigenvalue weighted by Crippen LogP contribution is 2.35. The number of hydrogen-bond donors (Lipinski definition) is 1. The smallest absolute Gasteiger partial charge is 0.414 e. The molecule has 0 saturated carbocycles. The van der Waals surface area contributed by atoms with Gasteiger partial charge in [-0.1, -0.05) is 0 Å². The Morgan fingerprint density at radius 3 is 2.68 bits per heavy atom. The van der Waals surface area contributed by atoms with Crippen LogP contribution >= 0.6 is 0 Å². The largest absolute Gasteiger partial charge is 0.486 e. The van der Waals surface area contributed by atoms with Crippen molar-refractivity contribution in [2.75, 3.05) is 44.3 Å². The third kappa shape index (κ3) is 2.46. The lowest BCUT2D eigenvalue weighted by Crippen LogP contribution is -2.57. The molecule has 0 bridgehead atoms. The van der Waals surface area contributed by atoms with Crippen LogP contribution in [0.5, 0.6) is 11.5 Å². The van der Waals surface area contributed by atoms with Crippen molar-refractivity contribution >= 4 is 11.8 Å². The quantitative estimate of drug-likeness (QED) is 0.872. The first-order valence-corrected chi connectivity index (χ1v) is 7.55. The van der Waals surface area contributed by atoms with Crippen LogP contribution in [0, 0.1) is 0 Å². The van der Waals surface area contributed by atoms with E-state index in [1.165, 1.54) is 0 Å². The summed E-state index contributed by atoms with van der Waals surface area (Å²) in [5.41, 5.74) is 6.54. The molecule has 0 aromatic heterocycles. The number of nitrogens with zero attached hydrogens (tertiary/aromatic N) is 2. The molecule has 22 heavy (non-hydrogen) atoms. The number of amides is 1. The first kappa shape index (κ1) is 13.7. The van der Waals surface area contributed by atoms with Crippen molar-refractivity contribution in [2.45, 2.75) is 12.1 Å². The maximum atomic E-state index is 12.1. The first-order valence-electron chi connectivity index (χ1n) is 7.55. The first-order chi connectivity index (χ1) is 10.7. The van der Waals surface area contributed by atoms with Gasteiger partial charge in [-0.3, -0.25) is 9.80 Å². The average Bonchev–Trinajstić information content (AvgIpc) is 2.86. The average molecular weight is 305 g/mol. The van der Waals surface area contributed by atoms with Crippen molar-refractivity contribution in [1.29, 1.82) is 0 Å². The monoisotopic (exact) mass is 305 g/mol. The zero-order valence-electron chi connectivity index (χ0n) is 12.2. The van der Waals surface area contributed by atoms with E-state index >= 15 is 0 Å². The third-order valence-electron chi connectivity index (χ3n) is 4.16. The van der Waals surface area contributed by atoms with Gasteiger partial charge in [0.25, 0.3) is 0 Å². The van der Waals surface area contributed by atoms with Crippen LogP contribution in [0.2, 0.25) is 0 Å². The van der Waals surface area contributed by atoms with Crippen molar-refractivity contribution in [3.63, 3.8) is 0 Å². The molecule has 7 nitrogen and oxygen atoms in total. The van der Waals surface area contributed by atoms with Crippen LogP contribution < -0.4 is 20.1 Å². The van der Waals surface area contributed by atoms with Crippen LogP contribution in [-0.2, 0) is 4.74 Å². The molecule has 1 aromatic rings. The molecular weight excluding hydrogens is 286 g/mol.